The number of hydrogen-bond donors (Lipinski definition) is 0. The van der Waals surface area contributed by atoms with Crippen molar-refractivity contribution in [2.45, 2.75) is 25.8 Å². The van der Waals surface area contributed by atoms with Gasteiger partial charge in [-0.15, -0.1) is 0 Å². The van der Waals surface area contributed by atoms with Gasteiger partial charge in [0.15, 0.2) is 17.5 Å². The van der Waals surface area contributed by atoms with Crippen molar-refractivity contribution in [1.29, 1.82) is 5.26 Å². The summed E-state index contributed by atoms with van der Waals surface area (Å²) in [5.41, 5.74) is 0. The zero-order chi connectivity index (χ0) is 14.6. The fourth-order valence-corrected chi connectivity index (χ4v) is 1.47. The van der Waals surface area contributed by atoms with Crippen molar-refractivity contribution in [3.63, 3.8) is 0 Å². The molecule has 0 aliphatic heterocycles. The summed E-state index contributed by atoms with van der Waals surface area (Å²) in [6, 6.07) is 0.518. The van der Waals surface area contributed by atoms with E-state index in [0.717, 1.165) is 0 Å². The zero-order valence-corrected chi connectivity index (χ0v) is 10.8. The summed E-state index contributed by atoms with van der Waals surface area (Å²) in [4.78, 5) is 36.9. The van der Waals surface area contributed by atoms with Gasteiger partial charge < -0.3 is 0 Å². The van der Waals surface area contributed by atoms with E-state index in [1.165, 1.54) is 13.8 Å². The van der Waals surface area contributed by atoms with Crippen LogP contribution in [0.2, 0.25) is 5.28 Å². The Morgan fingerprint density at radius 1 is 1.26 bits per heavy atom. The van der Waals surface area contributed by atoms with E-state index in [9.17, 15) is 9.59 Å². The summed E-state index contributed by atoms with van der Waals surface area (Å²) in [6.45, 7) is 9.36. The number of nitriles is 1. The molecule has 8 heteroatoms. The van der Waals surface area contributed by atoms with Gasteiger partial charge in [0.1, 0.15) is 0 Å². The van der Waals surface area contributed by atoms with E-state index in [1.54, 1.807) is 6.07 Å². The second-order valence-corrected chi connectivity index (χ2v) is 3.97. The first-order valence-corrected chi connectivity index (χ1v) is 5.47. The smallest absolute Gasteiger partial charge is 0.298 e. The molecular formula is C11H8ClN5O2. The molecule has 0 N–H and O–H groups in total. The Hall–Kier alpha value is -2.38. The molecule has 2 unspecified atom stereocenters. The van der Waals surface area contributed by atoms with Crippen LogP contribution < -0.4 is 0 Å². The lowest BCUT2D eigenvalue weighted by Crippen LogP contribution is -2.16. The van der Waals surface area contributed by atoms with E-state index < -0.39 is 23.5 Å². The van der Waals surface area contributed by atoms with Crippen molar-refractivity contribution >= 4 is 23.2 Å². The van der Waals surface area contributed by atoms with Crippen LogP contribution in [0.15, 0.2) is 0 Å². The molecule has 7 nitrogen and oxygen atoms in total. The number of carbonyl (C=O) groups is 2. The van der Waals surface area contributed by atoms with Crippen LogP contribution in [-0.4, -0.2) is 26.5 Å². The van der Waals surface area contributed by atoms with Crippen molar-refractivity contribution in [3.8, 4) is 6.07 Å². The van der Waals surface area contributed by atoms with Gasteiger partial charge in [-0.05, 0) is 18.5 Å². The second-order valence-electron chi connectivity index (χ2n) is 3.64. The SMILES string of the molecule is [C-]#[N+]C(C(C)=O)c1nc(Cl)nc(C(C#N)C(C)=O)n1. The van der Waals surface area contributed by atoms with Crippen LogP contribution in [0.1, 0.15) is 37.5 Å². The molecule has 1 rings (SSSR count). The van der Waals surface area contributed by atoms with E-state index >= 15 is 0 Å². The molecule has 0 radical (unpaired) electrons. The maximum Gasteiger partial charge on any atom is 0.339 e. The van der Waals surface area contributed by atoms with Crippen molar-refractivity contribution in [2.24, 2.45) is 0 Å². The zero-order valence-electron chi connectivity index (χ0n) is 10.1. The van der Waals surface area contributed by atoms with E-state index in [1.807, 2.05) is 0 Å². The number of rotatable bonds is 4. The summed E-state index contributed by atoms with van der Waals surface area (Å²) < 4.78 is 0. The van der Waals surface area contributed by atoms with Gasteiger partial charge >= 0.3 is 6.04 Å². The predicted molar refractivity (Wildman–Crippen MR) is 63.9 cm³/mol. The van der Waals surface area contributed by atoms with E-state index in [-0.39, 0.29) is 16.9 Å². The van der Waals surface area contributed by atoms with Crippen LogP contribution in [0.25, 0.3) is 4.85 Å². The average Bonchev–Trinajstić information content (AvgIpc) is 2.28. The normalized spacial score (nSPS) is 12.9. The van der Waals surface area contributed by atoms with Crippen LogP contribution in [0.3, 0.4) is 0 Å². The first-order valence-electron chi connectivity index (χ1n) is 5.09. The molecule has 0 aromatic carbocycles. The van der Waals surface area contributed by atoms with Crippen molar-refractivity contribution in [2.75, 3.05) is 0 Å². The number of ketones is 2. The topological polar surface area (TPSA) is 101 Å². The highest BCUT2D eigenvalue weighted by Gasteiger charge is 2.29. The molecule has 0 amide bonds. The van der Waals surface area contributed by atoms with Gasteiger partial charge in [-0.25, -0.2) is 16.5 Å². The van der Waals surface area contributed by atoms with Crippen molar-refractivity contribution in [1.82, 2.24) is 15.0 Å². The number of carbonyl (C=O) groups excluding carboxylic acids is 2. The predicted octanol–water partition coefficient (Wildman–Crippen LogP) is 1.27. The van der Waals surface area contributed by atoms with Gasteiger partial charge in [-0.1, -0.05) is 0 Å². The Morgan fingerprint density at radius 2 is 1.84 bits per heavy atom. The molecule has 1 aromatic heterocycles. The number of halogens is 1. The summed E-state index contributed by atoms with van der Waals surface area (Å²) >= 11 is 5.66. The standard InChI is InChI=1S/C11H8ClN5O2/c1-5(18)7(4-13)9-15-10(17-11(12)16-9)8(14-3)6(2)19/h7-8H,1-2H3. The lowest BCUT2D eigenvalue weighted by Gasteiger charge is -2.06. The summed E-state index contributed by atoms with van der Waals surface area (Å²) in [5, 5.41) is 8.63. The van der Waals surface area contributed by atoms with Crippen LogP contribution >= 0.6 is 11.6 Å². The Bertz CT molecular complexity index is 566. The summed E-state index contributed by atoms with van der Waals surface area (Å²) in [5.74, 6) is -2.42. The molecule has 96 valence electrons. The molecule has 0 saturated heterocycles. The molecule has 0 aliphatic carbocycles. The van der Waals surface area contributed by atoms with E-state index in [2.05, 4.69) is 19.8 Å². The second kappa shape index (κ2) is 5.98. The highest BCUT2D eigenvalue weighted by molar-refractivity contribution is 6.28. The third kappa shape index (κ3) is 3.30. The Balaban J connectivity index is 3.37. The maximum atomic E-state index is 11.3. The highest BCUT2D eigenvalue weighted by Crippen LogP contribution is 2.19. The molecule has 0 aliphatic rings. The molecule has 2 atom stereocenters. The third-order valence-corrected chi connectivity index (χ3v) is 2.36. The Labute approximate surface area is 114 Å². The molecule has 0 fully saturated rings. The number of Topliss-reactive ketones (excluding diaryl/α,β-unsaturated/α-hetero) is 2. The molecule has 1 aromatic rings. The van der Waals surface area contributed by atoms with Gasteiger partial charge in [0.2, 0.25) is 16.9 Å². The van der Waals surface area contributed by atoms with E-state index in [4.69, 9.17) is 23.4 Å². The van der Waals surface area contributed by atoms with Crippen LogP contribution in [0, 0.1) is 17.9 Å². The van der Waals surface area contributed by atoms with Crippen molar-refractivity contribution in [3.05, 3.63) is 28.3 Å². The van der Waals surface area contributed by atoms with Gasteiger partial charge in [0.05, 0.1) is 6.07 Å². The molecule has 0 bridgehead atoms. The number of hydrogen-bond acceptors (Lipinski definition) is 6. The van der Waals surface area contributed by atoms with Gasteiger partial charge in [-0.2, -0.15) is 10.2 Å². The first-order chi connectivity index (χ1) is 8.90. The molecule has 0 spiro atoms. The Morgan fingerprint density at radius 3 is 2.26 bits per heavy atom. The molecule has 1 heterocycles. The summed E-state index contributed by atoms with van der Waals surface area (Å²) in [6.07, 6.45) is 0. The van der Waals surface area contributed by atoms with Gasteiger partial charge in [0.25, 0.3) is 0 Å². The monoisotopic (exact) mass is 277 g/mol. The average molecular weight is 278 g/mol. The number of aromatic nitrogens is 3. The molecule has 0 saturated carbocycles. The largest absolute Gasteiger partial charge is 0.339 e. The van der Waals surface area contributed by atoms with Gasteiger partial charge in [-0.3, -0.25) is 14.4 Å². The Kier molecular flexibility index (Phi) is 4.62. The minimum Gasteiger partial charge on any atom is -0.298 e. The van der Waals surface area contributed by atoms with Gasteiger partial charge in [0, 0.05) is 6.92 Å². The van der Waals surface area contributed by atoms with Crippen molar-refractivity contribution < 1.29 is 9.59 Å². The van der Waals surface area contributed by atoms with Crippen LogP contribution in [0.4, 0.5) is 0 Å². The lowest BCUT2D eigenvalue weighted by molar-refractivity contribution is -0.118. The third-order valence-electron chi connectivity index (χ3n) is 2.20. The molecular weight excluding hydrogens is 270 g/mol. The highest BCUT2D eigenvalue weighted by atomic mass is 35.5. The first kappa shape index (κ1) is 14.7. The maximum absolute atomic E-state index is 11.3. The van der Waals surface area contributed by atoms with Crippen LogP contribution in [0.5, 0.6) is 0 Å². The minimum absolute atomic E-state index is 0.153. The lowest BCUT2D eigenvalue weighted by atomic mass is 10.1. The minimum atomic E-state index is -1.22. The summed E-state index contributed by atoms with van der Waals surface area (Å²) in [7, 11) is 0. The number of nitrogens with zero attached hydrogens (tertiary/aromatic N) is 5. The fraction of sp³-hybridized carbons (Fsp3) is 0.364. The fourth-order valence-electron chi connectivity index (χ4n) is 1.29. The molecule has 19 heavy (non-hydrogen) atoms. The van der Waals surface area contributed by atoms with Crippen LogP contribution in [-0.2, 0) is 9.59 Å². The quantitative estimate of drug-likeness (QED) is 0.768. The van der Waals surface area contributed by atoms with E-state index in [0.29, 0.717) is 0 Å².